The van der Waals surface area contributed by atoms with Crippen molar-refractivity contribution in [3.8, 4) is 0 Å². The number of aryl methyl sites for hydroxylation is 2. The zero-order valence-corrected chi connectivity index (χ0v) is 10.7. The summed E-state index contributed by atoms with van der Waals surface area (Å²) < 4.78 is 1.11. The molecule has 0 aromatic carbocycles. The van der Waals surface area contributed by atoms with Gasteiger partial charge in [0.1, 0.15) is 0 Å². The highest BCUT2D eigenvalue weighted by atomic mass is 32.2. The van der Waals surface area contributed by atoms with Crippen LogP contribution in [0, 0.1) is 13.8 Å². The molecule has 0 bridgehead atoms. The van der Waals surface area contributed by atoms with Crippen molar-refractivity contribution >= 4 is 23.1 Å². The van der Waals surface area contributed by atoms with Crippen molar-refractivity contribution in [1.29, 1.82) is 0 Å². The number of hydrogen-bond donors (Lipinski definition) is 1. The Morgan fingerprint density at radius 1 is 1.25 bits per heavy atom. The molecule has 1 N–H and O–H groups in total. The molecule has 84 valence electrons. The predicted molar refractivity (Wildman–Crippen MR) is 65.9 cm³/mol. The van der Waals surface area contributed by atoms with Gasteiger partial charge in [0, 0.05) is 16.3 Å². The molecular formula is C11H12N2OS2. The van der Waals surface area contributed by atoms with E-state index in [0.717, 1.165) is 25.6 Å². The van der Waals surface area contributed by atoms with E-state index in [2.05, 4.69) is 9.97 Å². The van der Waals surface area contributed by atoms with Crippen LogP contribution in [0.4, 0.5) is 0 Å². The SMILES string of the molecule is Cc1cc(C)nc(Sc2ccc(CO)s2)n1. The predicted octanol–water partition coefficient (Wildman–Crippen LogP) is 2.80. The number of rotatable bonds is 3. The van der Waals surface area contributed by atoms with Gasteiger partial charge in [-0.2, -0.15) is 0 Å². The lowest BCUT2D eigenvalue weighted by Crippen LogP contribution is -1.91. The summed E-state index contributed by atoms with van der Waals surface area (Å²) in [5.41, 5.74) is 1.96. The van der Waals surface area contributed by atoms with Crippen molar-refractivity contribution in [3.63, 3.8) is 0 Å². The van der Waals surface area contributed by atoms with Gasteiger partial charge in [-0.1, -0.05) is 0 Å². The zero-order valence-electron chi connectivity index (χ0n) is 9.10. The van der Waals surface area contributed by atoms with Crippen LogP contribution in [0.15, 0.2) is 27.6 Å². The van der Waals surface area contributed by atoms with E-state index in [1.165, 1.54) is 11.8 Å². The first kappa shape index (κ1) is 11.6. The molecule has 2 rings (SSSR count). The monoisotopic (exact) mass is 252 g/mol. The molecule has 5 heteroatoms. The third-order valence-corrected chi connectivity index (χ3v) is 4.01. The molecule has 0 aliphatic heterocycles. The third-order valence-electron chi connectivity index (χ3n) is 1.95. The number of aliphatic hydroxyl groups is 1. The molecule has 0 saturated heterocycles. The van der Waals surface area contributed by atoms with E-state index < -0.39 is 0 Å². The number of hydrogen-bond acceptors (Lipinski definition) is 5. The molecule has 0 saturated carbocycles. The Balaban J connectivity index is 2.19. The van der Waals surface area contributed by atoms with Crippen molar-refractivity contribution in [1.82, 2.24) is 9.97 Å². The lowest BCUT2D eigenvalue weighted by molar-refractivity contribution is 0.285. The van der Waals surface area contributed by atoms with Crippen LogP contribution >= 0.6 is 23.1 Å². The van der Waals surface area contributed by atoms with Crippen LogP contribution in [-0.2, 0) is 6.61 Å². The first-order valence-electron chi connectivity index (χ1n) is 4.87. The van der Waals surface area contributed by atoms with Crippen molar-refractivity contribution in [3.05, 3.63) is 34.5 Å². The fourth-order valence-corrected chi connectivity index (χ4v) is 3.33. The molecule has 2 aromatic rings. The standard InChI is InChI=1S/C11H12N2OS2/c1-7-5-8(2)13-11(12-7)16-10-4-3-9(6-14)15-10/h3-5,14H,6H2,1-2H3. The van der Waals surface area contributed by atoms with E-state index in [0.29, 0.717) is 0 Å². The van der Waals surface area contributed by atoms with E-state index in [1.54, 1.807) is 11.3 Å². The molecular weight excluding hydrogens is 240 g/mol. The maximum atomic E-state index is 8.98. The Hall–Kier alpha value is -0.910. The smallest absolute Gasteiger partial charge is 0.193 e. The van der Waals surface area contributed by atoms with Gasteiger partial charge in [0.2, 0.25) is 0 Å². The summed E-state index contributed by atoms with van der Waals surface area (Å²) in [7, 11) is 0. The Bertz CT molecular complexity index is 476. The van der Waals surface area contributed by atoms with Crippen LogP contribution in [0.2, 0.25) is 0 Å². The lowest BCUT2D eigenvalue weighted by Gasteiger charge is -2.00. The van der Waals surface area contributed by atoms with Crippen LogP contribution < -0.4 is 0 Å². The summed E-state index contributed by atoms with van der Waals surface area (Å²) in [6, 6.07) is 5.87. The van der Waals surface area contributed by atoms with Gasteiger partial charge in [-0.05, 0) is 43.8 Å². The highest BCUT2D eigenvalue weighted by molar-refractivity contribution is 8.01. The Morgan fingerprint density at radius 2 is 1.94 bits per heavy atom. The lowest BCUT2D eigenvalue weighted by atomic mass is 10.4. The van der Waals surface area contributed by atoms with Gasteiger partial charge in [-0.25, -0.2) is 9.97 Å². The number of aliphatic hydroxyl groups excluding tert-OH is 1. The van der Waals surface area contributed by atoms with Gasteiger partial charge in [-0.15, -0.1) is 11.3 Å². The maximum absolute atomic E-state index is 8.98. The van der Waals surface area contributed by atoms with Crippen LogP contribution in [0.5, 0.6) is 0 Å². The topological polar surface area (TPSA) is 46.0 Å². The molecule has 16 heavy (non-hydrogen) atoms. The van der Waals surface area contributed by atoms with Crippen molar-refractivity contribution in [2.45, 2.75) is 29.8 Å². The second kappa shape index (κ2) is 4.95. The number of aromatic nitrogens is 2. The van der Waals surface area contributed by atoms with Gasteiger partial charge in [-0.3, -0.25) is 0 Å². The zero-order chi connectivity index (χ0) is 11.5. The Labute approximate surface area is 103 Å². The molecule has 3 nitrogen and oxygen atoms in total. The minimum Gasteiger partial charge on any atom is -0.391 e. The van der Waals surface area contributed by atoms with Crippen LogP contribution in [0.25, 0.3) is 0 Å². The van der Waals surface area contributed by atoms with Crippen LogP contribution in [0.1, 0.15) is 16.3 Å². The minimum atomic E-state index is 0.0962. The average Bonchev–Trinajstić information content (AvgIpc) is 2.64. The molecule has 0 amide bonds. The quantitative estimate of drug-likeness (QED) is 0.853. The fraction of sp³-hybridized carbons (Fsp3) is 0.273. The molecule has 0 fully saturated rings. The van der Waals surface area contributed by atoms with Gasteiger partial charge in [0.25, 0.3) is 0 Å². The summed E-state index contributed by atoms with van der Waals surface area (Å²) in [4.78, 5) is 9.69. The fourth-order valence-electron chi connectivity index (χ4n) is 1.33. The first-order chi connectivity index (χ1) is 7.67. The van der Waals surface area contributed by atoms with Gasteiger partial charge >= 0.3 is 0 Å². The highest BCUT2D eigenvalue weighted by Gasteiger charge is 2.05. The Kier molecular flexibility index (Phi) is 3.58. The van der Waals surface area contributed by atoms with Crippen molar-refractivity contribution < 1.29 is 5.11 Å². The summed E-state index contributed by atoms with van der Waals surface area (Å²) in [6.07, 6.45) is 0. The normalized spacial score (nSPS) is 10.7. The highest BCUT2D eigenvalue weighted by Crippen LogP contribution is 2.31. The molecule has 0 aliphatic rings. The Morgan fingerprint density at radius 3 is 2.50 bits per heavy atom. The maximum Gasteiger partial charge on any atom is 0.193 e. The van der Waals surface area contributed by atoms with Gasteiger partial charge < -0.3 is 5.11 Å². The molecule has 0 unspecified atom stereocenters. The molecule has 0 aliphatic carbocycles. The van der Waals surface area contributed by atoms with E-state index in [-0.39, 0.29) is 6.61 Å². The van der Waals surface area contributed by atoms with E-state index in [9.17, 15) is 0 Å². The average molecular weight is 252 g/mol. The second-order valence-corrected chi connectivity index (χ2v) is 5.85. The summed E-state index contributed by atoms with van der Waals surface area (Å²) in [5, 5.41) is 9.74. The molecule has 2 heterocycles. The number of nitrogens with zero attached hydrogens (tertiary/aromatic N) is 2. The van der Waals surface area contributed by atoms with E-state index in [4.69, 9.17) is 5.11 Å². The van der Waals surface area contributed by atoms with Crippen LogP contribution in [-0.4, -0.2) is 15.1 Å². The molecule has 0 radical (unpaired) electrons. The second-order valence-electron chi connectivity index (χ2n) is 3.41. The minimum absolute atomic E-state index is 0.0962. The number of thiophene rings is 1. The van der Waals surface area contributed by atoms with Gasteiger partial charge in [0.05, 0.1) is 10.8 Å². The van der Waals surface area contributed by atoms with Crippen LogP contribution in [0.3, 0.4) is 0 Å². The molecule has 0 atom stereocenters. The summed E-state index contributed by atoms with van der Waals surface area (Å²) in [6.45, 7) is 4.03. The van der Waals surface area contributed by atoms with E-state index in [1.807, 2.05) is 32.0 Å². The summed E-state index contributed by atoms with van der Waals surface area (Å²) in [5.74, 6) is 0. The van der Waals surface area contributed by atoms with E-state index >= 15 is 0 Å². The molecule has 2 aromatic heterocycles. The third kappa shape index (κ3) is 2.81. The largest absolute Gasteiger partial charge is 0.391 e. The van der Waals surface area contributed by atoms with Gasteiger partial charge in [0.15, 0.2) is 5.16 Å². The van der Waals surface area contributed by atoms with Crippen molar-refractivity contribution in [2.75, 3.05) is 0 Å². The first-order valence-corrected chi connectivity index (χ1v) is 6.50. The van der Waals surface area contributed by atoms with Crippen molar-refractivity contribution in [2.24, 2.45) is 0 Å². The summed E-state index contributed by atoms with van der Waals surface area (Å²) >= 11 is 3.11. The molecule has 0 spiro atoms.